The number of hydrogen-bond donors (Lipinski definition) is 0. The molecule has 0 saturated heterocycles. The molecule has 0 unspecified atom stereocenters. The summed E-state index contributed by atoms with van der Waals surface area (Å²) in [5.74, 6) is 0. The maximum Gasteiger partial charge on any atom is 0.197 e. The first-order valence-electron chi connectivity index (χ1n) is 3.18. The normalized spacial score (nSPS) is 10.2. The zero-order valence-corrected chi connectivity index (χ0v) is 6.47. The molecule has 2 rings (SSSR count). The van der Waals surface area contributed by atoms with Crippen molar-refractivity contribution in [2.45, 2.75) is 0 Å². The monoisotopic (exact) mass is 163 g/mol. The lowest BCUT2D eigenvalue weighted by molar-refractivity contribution is 1.30. The molecule has 0 aliphatic carbocycles. The molecule has 0 radical (unpaired) electrons. The maximum absolute atomic E-state index is 10.8. The van der Waals surface area contributed by atoms with Crippen molar-refractivity contribution in [1.82, 2.24) is 4.98 Å². The van der Waals surface area contributed by atoms with Crippen LogP contribution in [-0.4, -0.2) is 4.98 Å². The fraction of sp³-hybridized carbons (Fsp3) is 0. The third-order valence-corrected chi connectivity index (χ3v) is 2.08. The first-order chi connectivity index (χ1) is 5.36. The number of nitrogens with zero attached hydrogens (tertiary/aromatic N) is 1. The Morgan fingerprint density at radius 2 is 2.36 bits per heavy atom. The average Bonchev–Trinajstić information content (AvgIpc) is 2.04. The molecule has 0 spiro atoms. The van der Waals surface area contributed by atoms with Gasteiger partial charge in [-0.15, -0.1) is 0 Å². The zero-order chi connectivity index (χ0) is 7.68. The molecule has 2 aliphatic rings. The van der Waals surface area contributed by atoms with Gasteiger partial charge in [-0.3, -0.25) is 9.78 Å². The Morgan fingerprint density at radius 3 is 3.27 bits per heavy atom. The van der Waals surface area contributed by atoms with Gasteiger partial charge < -0.3 is 0 Å². The van der Waals surface area contributed by atoms with E-state index in [0.29, 0.717) is 0 Å². The van der Waals surface area contributed by atoms with Crippen molar-refractivity contribution in [3.05, 3.63) is 39.3 Å². The largest absolute Gasteiger partial charge is 0.288 e. The smallest absolute Gasteiger partial charge is 0.197 e. The van der Waals surface area contributed by atoms with Crippen molar-refractivity contribution in [1.29, 1.82) is 0 Å². The van der Waals surface area contributed by atoms with E-state index in [4.69, 9.17) is 0 Å². The van der Waals surface area contributed by atoms with Gasteiger partial charge in [-0.05, 0) is 17.5 Å². The molecule has 0 aromatic heterocycles. The van der Waals surface area contributed by atoms with Crippen molar-refractivity contribution in [3.63, 3.8) is 0 Å². The summed E-state index contributed by atoms with van der Waals surface area (Å²) in [6.45, 7) is 0. The van der Waals surface area contributed by atoms with Gasteiger partial charge in [0, 0.05) is 10.9 Å². The fourth-order valence-electron chi connectivity index (χ4n) is 0.920. The molecule has 2 aliphatic heterocycles. The molecule has 2 nitrogen and oxygen atoms in total. The molecule has 0 saturated carbocycles. The van der Waals surface area contributed by atoms with Crippen LogP contribution in [0.4, 0.5) is 0 Å². The van der Waals surface area contributed by atoms with Gasteiger partial charge in [0.25, 0.3) is 0 Å². The second kappa shape index (κ2) is 2.43. The Balaban J connectivity index is 2.84. The summed E-state index contributed by atoms with van der Waals surface area (Å²) in [7, 11) is 0. The van der Waals surface area contributed by atoms with Gasteiger partial charge >= 0.3 is 0 Å². The van der Waals surface area contributed by atoms with Crippen molar-refractivity contribution in [2.24, 2.45) is 0 Å². The fourth-order valence-corrected chi connectivity index (χ4v) is 1.55. The van der Waals surface area contributed by atoms with Crippen LogP contribution < -0.4 is 5.43 Å². The SMILES string of the molecule is O=c1cnc2csccc-2c1. The van der Waals surface area contributed by atoms with Gasteiger partial charge in [0.05, 0.1) is 11.9 Å². The highest BCUT2D eigenvalue weighted by Crippen LogP contribution is 2.17. The molecule has 54 valence electrons. The molecular weight excluding hydrogens is 158 g/mol. The minimum atomic E-state index is -0.0336. The predicted octanol–water partition coefficient (Wildman–Crippen LogP) is 1.61. The van der Waals surface area contributed by atoms with Crippen molar-refractivity contribution in [3.8, 4) is 11.3 Å². The molecule has 0 N–H and O–H groups in total. The summed E-state index contributed by atoms with van der Waals surface area (Å²) in [5, 5.41) is 3.86. The molecule has 0 amide bonds. The summed E-state index contributed by atoms with van der Waals surface area (Å²) < 4.78 is 0. The third-order valence-electron chi connectivity index (χ3n) is 1.43. The Labute approximate surface area is 67.5 Å². The quantitative estimate of drug-likeness (QED) is 0.590. The van der Waals surface area contributed by atoms with Crippen LogP contribution in [0.25, 0.3) is 11.3 Å². The molecular formula is C8H5NOS. The predicted molar refractivity (Wildman–Crippen MR) is 45.0 cm³/mol. The van der Waals surface area contributed by atoms with E-state index in [0.717, 1.165) is 11.3 Å². The molecule has 0 aromatic rings. The molecule has 0 fully saturated rings. The number of pyridine rings is 1. The van der Waals surface area contributed by atoms with E-state index in [1.807, 2.05) is 16.8 Å². The molecule has 0 aromatic carbocycles. The minimum Gasteiger partial charge on any atom is -0.288 e. The van der Waals surface area contributed by atoms with Crippen molar-refractivity contribution < 1.29 is 0 Å². The molecule has 11 heavy (non-hydrogen) atoms. The van der Waals surface area contributed by atoms with Gasteiger partial charge in [0.15, 0.2) is 5.43 Å². The van der Waals surface area contributed by atoms with E-state index in [2.05, 4.69) is 4.98 Å². The van der Waals surface area contributed by atoms with Gasteiger partial charge in [-0.2, -0.15) is 11.3 Å². The zero-order valence-electron chi connectivity index (χ0n) is 5.65. The van der Waals surface area contributed by atoms with Gasteiger partial charge in [-0.25, -0.2) is 0 Å². The number of fused-ring (bicyclic) bond motifs is 1. The van der Waals surface area contributed by atoms with Crippen LogP contribution in [-0.2, 0) is 0 Å². The van der Waals surface area contributed by atoms with Gasteiger partial charge in [0.1, 0.15) is 0 Å². The first-order valence-corrected chi connectivity index (χ1v) is 4.13. The highest BCUT2D eigenvalue weighted by molar-refractivity contribution is 7.07. The standard InChI is InChI=1S/C8H5NOS/c10-7-3-6-1-2-11-5-8(6)9-4-7/h1-5H. The number of hydrogen-bond acceptors (Lipinski definition) is 3. The maximum atomic E-state index is 10.8. The second-order valence-corrected chi connectivity index (χ2v) is 2.98. The van der Waals surface area contributed by atoms with Crippen LogP contribution >= 0.6 is 11.3 Å². The van der Waals surface area contributed by atoms with Gasteiger partial charge in [0.2, 0.25) is 0 Å². The Kier molecular flexibility index (Phi) is 1.43. The van der Waals surface area contributed by atoms with Crippen LogP contribution in [0.15, 0.2) is 33.9 Å². The van der Waals surface area contributed by atoms with Crippen molar-refractivity contribution >= 4 is 11.3 Å². The highest BCUT2D eigenvalue weighted by atomic mass is 32.1. The van der Waals surface area contributed by atoms with Crippen LogP contribution in [0, 0.1) is 0 Å². The summed E-state index contributed by atoms with van der Waals surface area (Å²) in [4.78, 5) is 14.8. The van der Waals surface area contributed by atoms with Crippen molar-refractivity contribution in [2.75, 3.05) is 0 Å². The van der Waals surface area contributed by atoms with Crippen LogP contribution in [0.2, 0.25) is 0 Å². The average molecular weight is 163 g/mol. The molecule has 0 bridgehead atoms. The lowest BCUT2D eigenvalue weighted by atomic mass is 10.2. The van der Waals surface area contributed by atoms with Crippen LogP contribution in [0.3, 0.4) is 0 Å². The van der Waals surface area contributed by atoms with E-state index in [1.54, 1.807) is 17.4 Å². The Morgan fingerprint density at radius 1 is 1.45 bits per heavy atom. The first kappa shape index (κ1) is 6.49. The lowest BCUT2D eigenvalue weighted by Gasteiger charge is -1.98. The summed E-state index contributed by atoms with van der Waals surface area (Å²) in [5.41, 5.74) is 1.77. The van der Waals surface area contributed by atoms with E-state index in [-0.39, 0.29) is 5.43 Å². The Hall–Kier alpha value is -1.22. The summed E-state index contributed by atoms with van der Waals surface area (Å²) >= 11 is 1.57. The molecule has 0 atom stereocenters. The second-order valence-electron chi connectivity index (χ2n) is 2.20. The molecule has 2 heterocycles. The summed E-state index contributed by atoms with van der Waals surface area (Å²) in [6, 6.07) is 3.49. The lowest BCUT2D eigenvalue weighted by Crippen LogP contribution is -1.99. The molecule has 3 heteroatoms. The number of aromatic nitrogens is 1. The van der Waals surface area contributed by atoms with E-state index < -0.39 is 0 Å². The van der Waals surface area contributed by atoms with E-state index in [1.165, 1.54) is 6.20 Å². The highest BCUT2D eigenvalue weighted by Gasteiger charge is 1.99. The third kappa shape index (κ3) is 1.14. The number of rotatable bonds is 0. The topological polar surface area (TPSA) is 30.0 Å². The summed E-state index contributed by atoms with van der Waals surface area (Å²) in [6.07, 6.45) is 1.34. The van der Waals surface area contributed by atoms with Crippen LogP contribution in [0.5, 0.6) is 0 Å². The Bertz CT molecular complexity index is 396. The van der Waals surface area contributed by atoms with Gasteiger partial charge in [-0.1, -0.05) is 0 Å². The van der Waals surface area contributed by atoms with Crippen LogP contribution in [0.1, 0.15) is 0 Å². The van der Waals surface area contributed by atoms with E-state index in [9.17, 15) is 4.79 Å². The van der Waals surface area contributed by atoms with E-state index >= 15 is 0 Å². The minimum absolute atomic E-state index is 0.0336.